The molecule has 0 fully saturated rings. The number of benzene rings is 3. The van der Waals surface area contributed by atoms with Crippen LogP contribution >= 0.6 is 11.9 Å². The summed E-state index contributed by atoms with van der Waals surface area (Å²) in [6.07, 6.45) is 1.56. The molecule has 0 amide bonds. The molecule has 0 spiro atoms. The normalized spacial score (nSPS) is 10.7. The van der Waals surface area contributed by atoms with Gasteiger partial charge in [0.25, 0.3) is 0 Å². The SMILES string of the molecule is Fc1ccc(-c2ccccc2)cc1-c1ncc(NSc2ccccc2)o1. The van der Waals surface area contributed by atoms with Crippen LogP contribution in [-0.4, -0.2) is 4.98 Å². The fraction of sp³-hybridized carbons (Fsp3) is 0. The largest absolute Gasteiger partial charge is 0.420 e. The lowest BCUT2D eigenvalue weighted by Gasteiger charge is -2.05. The quantitative estimate of drug-likeness (QED) is 0.425. The summed E-state index contributed by atoms with van der Waals surface area (Å²) >= 11 is 1.41. The van der Waals surface area contributed by atoms with Gasteiger partial charge in [-0.15, -0.1) is 0 Å². The summed E-state index contributed by atoms with van der Waals surface area (Å²) in [5, 5.41) is 0. The summed E-state index contributed by atoms with van der Waals surface area (Å²) in [4.78, 5) is 5.26. The molecule has 0 unspecified atom stereocenters. The summed E-state index contributed by atoms with van der Waals surface area (Å²) in [5.41, 5.74) is 2.26. The lowest BCUT2D eigenvalue weighted by molar-refractivity contribution is 0.577. The van der Waals surface area contributed by atoms with Gasteiger partial charge in [-0.1, -0.05) is 54.6 Å². The second-order valence-corrected chi connectivity index (χ2v) is 6.49. The van der Waals surface area contributed by atoms with Crippen LogP contribution in [0.15, 0.2) is 94.4 Å². The summed E-state index contributed by atoms with van der Waals surface area (Å²) in [6.45, 7) is 0. The Morgan fingerprint density at radius 3 is 2.35 bits per heavy atom. The predicted octanol–water partition coefficient (Wildman–Crippen LogP) is 6.27. The van der Waals surface area contributed by atoms with E-state index >= 15 is 0 Å². The monoisotopic (exact) mass is 362 g/mol. The first-order chi connectivity index (χ1) is 12.8. The van der Waals surface area contributed by atoms with Gasteiger partial charge in [-0.2, -0.15) is 0 Å². The van der Waals surface area contributed by atoms with Crippen molar-refractivity contribution in [2.75, 3.05) is 4.72 Å². The van der Waals surface area contributed by atoms with Crippen LogP contribution in [0.1, 0.15) is 0 Å². The minimum absolute atomic E-state index is 0.247. The van der Waals surface area contributed by atoms with E-state index in [9.17, 15) is 4.39 Å². The third kappa shape index (κ3) is 3.63. The molecular formula is C21H15FN2OS. The third-order valence-corrected chi connectivity index (χ3v) is 4.63. The standard InChI is InChI=1S/C21H15FN2OS/c22-19-12-11-16(15-7-3-1-4-8-15)13-18(19)21-23-14-20(25-21)24-26-17-9-5-2-6-10-17/h1-14,24H. The molecule has 1 N–H and O–H groups in total. The zero-order valence-corrected chi connectivity index (χ0v) is 14.5. The highest BCUT2D eigenvalue weighted by atomic mass is 32.2. The molecule has 0 saturated heterocycles. The Balaban J connectivity index is 1.57. The molecule has 0 aliphatic rings. The van der Waals surface area contributed by atoms with Gasteiger partial charge in [0.1, 0.15) is 5.82 Å². The topological polar surface area (TPSA) is 38.1 Å². The van der Waals surface area contributed by atoms with E-state index in [1.807, 2.05) is 60.7 Å². The van der Waals surface area contributed by atoms with Crippen LogP contribution in [0, 0.1) is 5.82 Å². The molecule has 0 atom stereocenters. The average Bonchev–Trinajstić information content (AvgIpc) is 3.17. The van der Waals surface area contributed by atoms with E-state index in [4.69, 9.17) is 4.42 Å². The van der Waals surface area contributed by atoms with Crippen LogP contribution in [-0.2, 0) is 0 Å². The van der Waals surface area contributed by atoms with Gasteiger partial charge in [-0.05, 0) is 47.3 Å². The first-order valence-electron chi connectivity index (χ1n) is 8.09. The molecule has 4 rings (SSSR count). The van der Waals surface area contributed by atoms with Gasteiger partial charge in [-0.25, -0.2) is 9.37 Å². The summed E-state index contributed by atoms with van der Waals surface area (Å²) in [5.74, 6) is 0.351. The number of hydrogen-bond acceptors (Lipinski definition) is 4. The van der Waals surface area contributed by atoms with E-state index in [2.05, 4.69) is 9.71 Å². The maximum absolute atomic E-state index is 14.3. The zero-order valence-electron chi connectivity index (χ0n) is 13.7. The maximum Gasteiger partial charge on any atom is 0.231 e. The molecule has 3 aromatic carbocycles. The van der Waals surface area contributed by atoms with E-state index in [0.717, 1.165) is 16.0 Å². The van der Waals surface area contributed by atoms with E-state index in [1.54, 1.807) is 18.3 Å². The lowest BCUT2D eigenvalue weighted by Crippen LogP contribution is -1.87. The minimum atomic E-state index is -0.367. The van der Waals surface area contributed by atoms with Crippen molar-refractivity contribution in [1.29, 1.82) is 0 Å². The van der Waals surface area contributed by atoms with Gasteiger partial charge in [0.15, 0.2) is 0 Å². The van der Waals surface area contributed by atoms with Crippen molar-refractivity contribution >= 4 is 17.8 Å². The maximum atomic E-state index is 14.3. The molecule has 0 aliphatic heterocycles. The van der Waals surface area contributed by atoms with Crippen LogP contribution in [0.25, 0.3) is 22.6 Å². The van der Waals surface area contributed by atoms with E-state index in [-0.39, 0.29) is 11.7 Å². The van der Waals surface area contributed by atoms with Gasteiger partial charge in [0.05, 0.1) is 11.8 Å². The fourth-order valence-electron chi connectivity index (χ4n) is 2.54. The van der Waals surface area contributed by atoms with Crippen molar-refractivity contribution in [3.63, 3.8) is 0 Å². The van der Waals surface area contributed by atoms with Crippen molar-refractivity contribution in [2.24, 2.45) is 0 Å². The Labute approximate surface area is 155 Å². The highest BCUT2D eigenvalue weighted by Crippen LogP contribution is 2.30. The first kappa shape index (κ1) is 16.4. The van der Waals surface area contributed by atoms with E-state index in [1.165, 1.54) is 18.0 Å². The van der Waals surface area contributed by atoms with Crippen molar-refractivity contribution in [3.05, 3.63) is 90.9 Å². The average molecular weight is 362 g/mol. The number of nitrogens with zero attached hydrogens (tertiary/aromatic N) is 1. The van der Waals surface area contributed by atoms with Crippen LogP contribution in [0.5, 0.6) is 0 Å². The number of hydrogen-bond donors (Lipinski definition) is 1. The molecule has 5 heteroatoms. The highest BCUT2D eigenvalue weighted by molar-refractivity contribution is 8.00. The smallest absolute Gasteiger partial charge is 0.231 e. The van der Waals surface area contributed by atoms with Crippen LogP contribution < -0.4 is 4.72 Å². The Bertz CT molecular complexity index is 1000. The van der Waals surface area contributed by atoms with Gasteiger partial charge in [-0.3, -0.25) is 4.72 Å². The number of rotatable bonds is 5. The molecule has 3 nitrogen and oxygen atoms in total. The Morgan fingerprint density at radius 2 is 1.58 bits per heavy atom. The molecule has 0 radical (unpaired) electrons. The number of halogens is 1. The summed E-state index contributed by atoms with van der Waals surface area (Å²) < 4.78 is 23.1. The van der Waals surface area contributed by atoms with Crippen LogP contribution in [0.2, 0.25) is 0 Å². The van der Waals surface area contributed by atoms with Crippen molar-refractivity contribution in [1.82, 2.24) is 4.98 Å². The minimum Gasteiger partial charge on any atom is -0.420 e. The van der Waals surface area contributed by atoms with Crippen molar-refractivity contribution < 1.29 is 8.81 Å². The molecule has 1 heterocycles. The zero-order chi connectivity index (χ0) is 17.8. The molecule has 1 aromatic heterocycles. The van der Waals surface area contributed by atoms with Gasteiger partial charge < -0.3 is 4.42 Å². The number of anilines is 1. The number of nitrogens with one attached hydrogen (secondary N) is 1. The second kappa shape index (κ2) is 7.45. The second-order valence-electron chi connectivity index (χ2n) is 5.61. The molecule has 4 aromatic rings. The van der Waals surface area contributed by atoms with Crippen LogP contribution in [0.4, 0.5) is 10.3 Å². The predicted molar refractivity (Wildman–Crippen MR) is 103 cm³/mol. The fourth-order valence-corrected chi connectivity index (χ4v) is 3.15. The van der Waals surface area contributed by atoms with Crippen LogP contribution in [0.3, 0.4) is 0 Å². The van der Waals surface area contributed by atoms with Gasteiger partial charge in [0, 0.05) is 4.90 Å². The number of oxazole rings is 1. The molecule has 0 aliphatic carbocycles. The molecule has 26 heavy (non-hydrogen) atoms. The highest BCUT2D eigenvalue weighted by Gasteiger charge is 2.13. The van der Waals surface area contributed by atoms with E-state index < -0.39 is 0 Å². The Hall–Kier alpha value is -3.05. The first-order valence-corrected chi connectivity index (χ1v) is 8.90. The van der Waals surface area contributed by atoms with Crippen molar-refractivity contribution in [2.45, 2.75) is 4.90 Å². The molecule has 128 valence electrons. The molecular weight excluding hydrogens is 347 g/mol. The van der Waals surface area contributed by atoms with Crippen molar-refractivity contribution in [3.8, 4) is 22.6 Å². The molecule has 0 saturated carbocycles. The van der Waals surface area contributed by atoms with Gasteiger partial charge in [0.2, 0.25) is 11.8 Å². The summed E-state index contributed by atoms with van der Waals surface area (Å²) in [6, 6.07) is 24.6. The Kier molecular flexibility index (Phi) is 4.71. The number of aromatic nitrogens is 1. The van der Waals surface area contributed by atoms with E-state index in [0.29, 0.717) is 11.4 Å². The lowest BCUT2D eigenvalue weighted by atomic mass is 10.0. The molecule has 0 bridgehead atoms. The van der Waals surface area contributed by atoms with Gasteiger partial charge >= 0.3 is 0 Å². The summed E-state index contributed by atoms with van der Waals surface area (Å²) in [7, 11) is 0. The Morgan fingerprint density at radius 1 is 0.846 bits per heavy atom. The third-order valence-electron chi connectivity index (χ3n) is 3.82.